The number of likely N-dealkylation sites (tertiary alicyclic amines) is 1. The molecule has 0 aromatic carbocycles. The Morgan fingerprint density at radius 3 is 3.00 bits per heavy atom. The van der Waals surface area contributed by atoms with E-state index >= 15 is 0 Å². The van der Waals surface area contributed by atoms with Crippen LogP contribution in [0.3, 0.4) is 0 Å². The van der Waals surface area contributed by atoms with Crippen LogP contribution in [0.25, 0.3) is 0 Å². The number of nitrogens with one attached hydrogen (secondary N) is 1. The molecule has 2 aliphatic rings. The third kappa shape index (κ3) is 3.15. The van der Waals surface area contributed by atoms with Crippen LogP contribution in [-0.4, -0.2) is 34.4 Å². The van der Waals surface area contributed by atoms with Crippen molar-refractivity contribution in [2.75, 3.05) is 6.54 Å². The molecule has 2 fully saturated rings. The van der Waals surface area contributed by atoms with Crippen LogP contribution in [0.5, 0.6) is 0 Å². The van der Waals surface area contributed by atoms with Gasteiger partial charge in [0, 0.05) is 23.7 Å². The van der Waals surface area contributed by atoms with Crippen LogP contribution in [0.4, 0.5) is 0 Å². The van der Waals surface area contributed by atoms with E-state index in [9.17, 15) is 4.79 Å². The number of aryl methyl sites for hydroxylation is 1. The predicted molar refractivity (Wildman–Crippen MR) is 76.1 cm³/mol. The Balaban J connectivity index is 1.60. The normalized spacial score (nSPS) is 23.9. The summed E-state index contributed by atoms with van der Waals surface area (Å²) < 4.78 is 0. The minimum absolute atomic E-state index is 0.0480. The lowest BCUT2D eigenvalue weighted by Gasteiger charge is -2.32. The summed E-state index contributed by atoms with van der Waals surface area (Å²) in [7, 11) is 0. The maximum absolute atomic E-state index is 12.4. The summed E-state index contributed by atoms with van der Waals surface area (Å²) in [4.78, 5) is 20.1. The van der Waals surface area contributed by atoms with Gasteiger partial charge in [-0.05, 0) is 32.1 Å². The van der Waals surface area contributed by atoms with E-state index in [-0.39, 0.29) is 11.9 Å². The van der Waals surface area contributed by atoms with E-state index in [1.54, 1.807) is 11.3 Å². The fourth-order valence-electron chi connectivity index (χ4n) is 2.53. The maximum atomic E-state index is 12.4. The number of carbonyl (C=O) groups excluding carboxylic acids is 1. The van der Waals surface area contributed by atoms with Crippen LogP contribution < -0.4 is 5.32 Å². The van der Waals surface area contributed by atoms with Gasteiger partial charge in [0.2, 0.25) is 5.91 Å². The molecule has 1 unspecified atom stereocenters. The molecule has 1 aliphatic carbocycles. The number of amides is 1. The molecule has 19 heavy (non-hydrogen) atoms. The number of piperidine rings is 1. The standard InChI is InChI=1S/C14H21N3OS/c1-2-11-8-15-13(19-11)9-17-7-3-4-12(14(17)18)16-10-5-6-10/h8,10,12,16H,2-7,9H2,1H3. The first-order valence-corrected chi connectivity index (χ1v) is 8.06. The Kier molecular flexibility index (Phi) is 3.84. The van der Waals surface area contributed by atoms with E-state index in [2.05, 4.69) is 17.2 Å². The Hall–Kier alpha value is -0.940. The molecule has 1 saturated heterocycles. The monoisotopic (exact) mass is 279 g/mol. The van der Waals surface area contributed by atoms with Gasteiger partial charge in [-0.2, -0.15) is 0 Å². The van der Waals surface area contributed by atoms with Gasteiger partial charge >= 0.3 is 0 Å². The molecule has 2 heterocycles. The molecule has 0 radical (unpaired) electrons. The fraction of sp³-hybridized carbons (Fsp3) is 0.714. The molecule has 1 N–H and O–H groups in total. The molecule has 1 amide bonds. The second kappa shape index (κ2) is 5.59. The van der Waals surface area contributed by atoms with Crippen LogP contribution in [0.2, 0.25) is 0 Å². The molecule has 1 aliphatic heterocycles. The zero-order valence-corrected chi connectivity index (χ0v) is 12.2. The van der Waals surface area contributed by atoms with Crippen molar-refractivity contribution >= 4 is 17.2 Å². The Bertz CT molecular complexity index is 455. The smallest absolute Gasteiger partial charge is 0.240 e. The summed E-state index contributed by atoms with van der Waals surface area (Å²) in [5.74, 6) is 0.270. The van der Waals surface area contributed by atoms with Crippen molar-refractivity contribution in [1.82, 2.24) is 15.2 Å². The van der Waals surface area contributed by atoms with Gasteiger partial charge in [0.05, 0.1) is 12.6 Å². The minimum Gasteiger partial charge on any atom is -0.335 e. The van der Waals surface area contributed by atoms with Gasteiger partial charge in [-0.1, -0.05) is 6.92 Å². The first-order chi connectivity index (χ1) is 9.26. The molecule has 1 aromatic rings. The molecule has 104 valence electrons. The lowest BCUT2D eigenvalue weighted by Crippen LogP contribution is -2.50. The number of carbonyl (C=O) groups is 1. The van der Waals surface area contributed by atoms with Crippen LogP contribution in [0.15, 0.2) is 6.20 Å². The zero-order valence-electron chi connectivity index (χ0n) is 11.4. The largest absolute Gasteiger partial charge is 0.335 e. The average molecular weight is 279 g/mol. The van der Waals surface area contributed by atoms with Gasteiger partial charge in [-0.3, -0.25) is 4.79 Å². The topological polar surface area (TPSA) is 45.2 Å². The van der Waals surface area contributed by atoms with E-state index in [4.69, 9.17) is 0 Å². The highest BCUT2D eigenvalue weighted by atomic mass is 32.1. The highest BCUT2D eigenvalue weighted by Gasteiger charge is 2.33. The van der Waals surface area contributed by atoms with Gasteiger partial charge in [-0.15, -0.1) is 11.3 Å². The second-order valence-electron chi connectivity index (χ2n) is 5.47. The van der Waals surface area contributed by atoms with Gasteiger partial charge in [-0.25, -0.2) is 4.98 Å². The Labute approximate surface area is 118 Å². The minimum atomic E-state index is 0.0480. The van der Waals surface area contributed by atoms with Crippen LogP contribution in [0.1, 0.15) is 42.5 Å². The van der Waals surface area contributed by atoms with E-state index in [0.717, 1.165) is 30.8 Å². The lowest BCUT2D eigenvalue weighted by molar-refractivity contribution is -0.136. The van der Waals surface area contributed by atoms with Crippen LogP contribution in [-0.2, 0) is 17.8 Å². The van der Waals surface area contributed by atoms with Crippen molar-refractivity contribution in [3.8, 4) is 0 Å². The average Bonchev–Trinajstić information content (AvgIpc) is 3.11. The third-order valence-corrected chi connectivity index (χ3v) is 4.95. The van der Waals surface area contributed by atoms with Crippen molar-refractivity contribution in [3.63, 3.8) is 0 Å². The molecule has 0 spiro atoms. The van der Waals surface area contributed by atoms with Crippen LogP contribution in [0, 0.1) is 0 Å². The van der Waals surface area contributed by atoms with E-state index in [1.165, 1.54) is 17.7 Å². The molecule has 1 saturated carbocycles. The number of rotatable bonds is 5. The molecule has 1 atom stereocenters. The van der Waals surface area contributed by atoms with E-state index in [1.807, 2.05) is 11.1 Å². The number of hydrogen-bond donors (Lipinski definition) is 1. The maximum Gasteiger partial charge on any atom is 0.240 e. The number of hydrogen-bond acceptors (Lipinski definition) is 4. The number of aromatic nitrogens is 1. The predicted octanol–water partition coefficient (Wildman–Crippen LogP) is 1.95. The van der Waals surface area contributed by atoms with Gasteiger partial charge < -0.3 is 10.2 Å². The molecule has 5 heteroatoms. The zero-order chi connectivity index (χ0) is 13.2. The molecule has 1 aromatic heterocycles. The Morgan fingerprint density at radius 2 is 2.32 bits per heavy atom. The first-order valence-electron chi connectivity index (χ1n) is 7.24. The van der Waals surface area contributed by atoms with Gasteiger partial charge in [0.1, 0.15) is 5.01 Å². The summed E-state index contributed by atoms with van der Waals surface area (Å²) in [6, 6.07) is 0.646. The summed E-state index contributed by atoms with van der Waals surface area (Å²) in [5, 5.41) is 4.53. The van der Waals surface area contributed by atoms with Crippen molar-refractivity contribution in [1.29, 1.82) is 0 Å². The quantitative estimate of drug-likeness (QED) is 0.896. The van der Waals surface area contributed by atoms with E-state index in [0.29, 0.717) is 12.6 Å². The van der Waals surface area contributed by atoms with Crippen molar-refractivity contribution in [2.24, 2.45) is 0 Å². The number of nitrogens with zero attached hydrogens (tertiary/aromatic N) is 2. The molecule has 0 bridgehead atoms. The summed E-state index contributed by atoms with van der Waals surface area (Å²) >= 11 is 1.73. The highest BCUT2D eigenvalue weighted by molar-refractivity contribution is 7.11. The fourth-order valence-corrected chi connectivity index (χ4v) is 3.41. The molecular weight excluding hydrogens is 258 g/mol. The van der Waals surface area contributed by atoms with Crippen molar-refractivity contribution in [2.45, 2.75) is 57.7 Å². The summed E-state index contributed by atoms with van der Waals surface area (Å²) in [6.07, 6.45) is 7.52. The Morgan fingerprint density at radius 1 is 1.47 bits per heavy atom. The van der Waals surface area contributed by atoms with Gasteiger partial charge in [0.15, 0.2) is 0 Å². The first kappa shape index (κ1) is 13.1. The number of thiazole rings is 1. The molecular formula is C14H21N3OS. The van der Waals surface area contributed by atoms with E-state index < -0.39 is 0 Å². The second-order valence-corrected chi connectivity index (χ2v) is 6.67. The highest BCUT2D eigenvalue weighted by Crippen LogP contribution is 2.24. The van der Waals surface area contributed by atoms with Gasteiger partial charge in [0.25, 0.3) is 0 Å². The summed E-state index contributed by atoms with van der Waals surface area (Å²) in [5.41, 5.74) is 0. The summed E-state index contributed by atoms with van der Waals surface area (Å²) in [6.45, 7) is 3.70. The molecule has 3 rings (SSSR count). The van der Waals surface area contributed by atoms with Crippen molar-refractivity contribution in [3.05, 3.63) is 16.1 Å². The van der Waals surface area contributed by atoms with Crippen LogP contribution >= 0.6 is 11.3 Å². The third-order valence-electron chi connectivity index (χ3n) is 3.82. The molecule has 4 nitrogen and oxygen atoms in total. The lowest BCUT2D eigenvalue weighted by atomic mass is 10.0. The van der Waals surface area contributed by atoms with Crippen molar-refractivity contribution < 1.29 is 4.79 Å². The SMILES string of the molecule is CCc1cnc(CN2CCCC(NC3CC3)C2=O)s1.